The highest BCUT2D eigenvalue weighted by molar-refractivity contribution is 7.89. The van der Waals surface area contributed by atoms with Crippen molar-refractivity contribution in [2.75, 3.05) is 0 Å². The van der Waals surface area contributed by atoms with E-state index in [0.717, 1.165) is 17.0 Å². The predicted octanol–water partition coefficient (Wildman–Crippen LogP) is 2.19. The Bertz CT molecular complexity index is 1240. The zero-order valence-corrected chi connectivity index (χ0v) is 17.5. The molecule has 3 N–H and O–H groups in total. The molecule has 0 bridgehead atoms. The van der Waals surface area contributed by atoms with Crippen LogP contribution in [0.4, 0.5) is 0 Å². The Morgan fingerprint density at radius 1 is 0.903 bits per heavy atom. The number of hydrogen-bond acceptors (Lipinski definition) is 6. The fourth-order valence-electron chi connectivity index (χ4n) is 3.16. The lowest BCUT2D eigenvalue weighted by Gasteiger charge is -2.08. The molecule has 0 unspecified atom stereocenters. The van der Waals surface area contributed by atoms with E-state index in [9.17, 15) is 8.42 Å². The molecule has 0 saturated heterocycles. The molecule has 0 radical (unpaired) electrons. The molecule has 0 aliphatic heterocycles. The maximum absolute atomic E-state index is 11.6. The number of nitrogens with two attached hydrogens (primary N) is 1. The highest BCUT2D eigenvalue weighted by Gasteiger charge is 2.14. The molecule has 4 aromatic rings. The van der Waals surface area contributed by atoms with Crippen molar-refractivity contribution < 1.29 is 8.42 Å². The predicted molar refractivity (Wildman–Crippen MR) is 117 cm³/mol. The lowest BCUT2D eigenvalue weighted by Crippen LogP contribution is -2.17. The van der Waals surface area contributed by atoms with Crippen molar-refractivity contribution >= 4 is 10.0 Å². The summed E-state index contributed by atoms with van der Waals surface area (Å²) in [7, 11) is -3.76. The van der Waals surface area contributed by atoms with E-state index in [1.165, 1.54) is 12.1 Å². The first kappa shape index (κ1) is 20.9. The van der Waals surface area contributed by atoms with Gasteiger partial charge in [0.05, 0.1) is 17.1 Å². The minimum atomic E-state index is -3.76. The fourth-order valence-corrected chi connectivity index (χ4v) is 3.68. The van der Waals surface area contributed by atoms with Crippen LogP contribution in [0, 0.1) is 0 Å². The first-order chi connectivity index (χ1) is 15.0. The summed E-state index contributed by atoms with van der Waals surface area (Å²) in [6.07, 6.45) is 4.14. The van der Waals surface area contributed by atoms with Gasteiger partial charge in [0.15, 0.2) is 5.82 Å². The standard InChI is InChI=1S/C22H22N6O2S/c23-31(29,30)20-10-8-19(9-11-20)28-22(16-25-15-18-7-4-12-24-14-18)26-21(27-28)13-17-5-2-1-3-6-17/h1-12,14,25H,13,15-16H2,(H2,23,29,30). The quantitative estimate of drug-likeness (QED) is 0.439. The largest absolute Gasteiger partial charge is 0.306 e. The van der Waals surface area contributed by atoms with Gasteiger partial charge in [-0.2, -0.15) is 5.10 Å². The van der Waals surface area contributed by atoms with Crippen molar-refractivity contribution in [1.29, 1.82) is 0 Å². The van der Waals surface area contributed by atoms with Crippen molar-refractivity contribution in [3.63, 3.8) is 0 Å². The first-order valence-electron chi connectivity index (χ1n) is 9.70. The van der Waals surface area contributed by atoms with E-state index >= 15 is 0 Å². The minimum Gasteiger partial charge on any atom is -0.306 e. The smallest absolute Gasteiger partial charge is 0.238 e. The van der Waals surface area contributed by atoms with Crippen LogP contribution in [0.2, 0.25) is 0 Å². The highest BCUT2D eigenvalue weighted by Crippen LogP contribution is 2.16. The topological polar surface area (TPSA) is 116 Å². The van der Waals surface area contributed by atoms with Gasteiger partial charge in [-0.05, 0) is 41.5 Å². The van der Waals surface area contributed by atoms with Gasteiger partial charge in [0.1, 0.15) is 5.82 Å². The lowest BCUT2D eigenvalue weighted by atomic mass is 10.1. The third-order valence-electron chi connectivity index (χ3n) is 4.67. The van der Waals surface area contributed by atoms with Gasteiger partial charge in [-0.25, -0.2) is 23.2 Å². The number of rotatable bonds is 8. The van der Waals surface area contributed by atoms with E-state index in [2.05, 4.69) is 15.4 Å². The van der Waals surface area contributed by atoms with Gasteiger partial charge < -0.3 is 5.32 Å². The molecule has 0 spiro atoms. The Morgan fingerprint density at radius 3 is 2.32 bits per heavy atom. The Hall–Kier alpha value is -3.40. The first-order valence-corrected chi connectivity index (χ1v) is 11.3. The molecule has 4 rings (SSSR count). The Balaban J connectivity index is 1.59. The molecule has 0 fully saturated rings. The van der Waals surface area contributed by atoms with Crippen LogP contribution in [0.25, 0.3) is 5.69 Å². The molecule has 0 saturated carbocycles. The molecule has 9 heteroatoms. The van der Waals surface area contributed by atoms with E-state index < -0.39 is 10.0 Å². The van der Waals surface area contributed by atoms with Crippen molar-refractivity contribution in [3.05, 3.63) is 102 Å². The summed E-state index contributed by atoms with van der Waals surface area (Å²) in [5.74, 6) is 1.40. The van der Waals surface area contributed by atoms with E-state index in [1.54, 1.807) is 23.0 Å². The van der Waals surface area contributed by atoms with Crippen LogP contribution in [-0.2, 0) is 29.5 Å². The van der Waals surface area contributed by atoms with Crippen LogP contribution in [0.1, 0.15) is 22.8 Å². The summed E-state index contributed by atoms with van der Waals surface area (Å²) in [4.78, 5) is 8.89. The van der Waals surface area contributed by atoms with Crippen LogP contribution in [-0.4, -0.2) is 28.2 Å². The molecular weight excluding hydrogens is 412 g/mol. The van der Waals surface area contributed by atoms with Gasteiger partial charge in [-0.3, -0.25) is 4.98 Å². The molecular formula is C22H22N6O2S. The zero-order chi connectivity index (χ0) is 21.7. The van der Waals surface area contributed by atoms with Crippen LogP contribution in [0.3, 0.4) is 0 Å². The Morgan fingerprint density at radius 2 is 1.65 bits per heavy atom. The second-order valence-electron chi connectivity index (χ2n) is 7.02. The van der Waals surface area contributed by atoms with Crippen LogP contribution in [0.5, 0.6) is 0 Å². The minimum absolute atomic E-state index is 0.0529. The van der Waals surface area contributed by atoms with Gasteiger partial charge in [0, 0.05) is 25.4 Å². The van der Waals surface area contributed by atoms with E-state index in [4.69, 9.17) is 10.1 Å². The number of nitrogens with zero attached hydrogens (tertiary/aromatic N) is 4. The fraction of sp³-hybridized carbons (Fsp3) is 0.136. The maximum Gasteiger partial charge on any atom is 0.238 e. The number of primary sulfonamides is 1. The van der Waals surface area contributed by atoms with E-state index in [0.29, 0.717) is 31.0 Å². The molecule has 0 amide bonds. The maximum atomic E-state index is 11.6. The van der Waals surface area contributed by atoms with E-state index in [-0.39, 0.29) is 4.90 Å². The van der Waals surface area contributed by atoms with Gasteiger partial charge in [-0.15, -0.1) is 0 Å². The van der Waals surface area contributed by atoms with Gasteiger partial charge in [0.2, 0.25) is 10.0 Å². The van der Waals surface area contributed by atoms with Crippen LogP contribution in [0.15, 0.2) is 84.0 Å². The summed E-state index contributed by atoms with van der Waals surface area (Å²) in [5, 5.41) is 13.2. The molecule has 31 heavy (non-hydrogen) atoms. The third kappa shape index (κ3) is 5.40. The van der Waals surface area contributed by atoms with E-state index in [1.807, 2.05) is 48.7 Å². The number of pyridine rings is 1. The summed E-state index contributed by atoms with van der Waals surface area (Å²) in [5.41, 5.74) is 2.88. The number of nitrogens with one attached hydrogen (secondary N) is 1. The summed E-state index contributed by atoms with van der Waals surface area (Å²) in [6, 6.07) is 20.2. The van der Waals surface area contributed by atoms with Crippen molar-refractivity contribution in [2.24, 2.45) is 5.14 Å². The molecule has 8 nitrogen and oxygen atoms in total. The van der Waals surface area contributed by atoms with Gasteiger partial charge in [0.25, 0.3) is 0 Å². The van der Waals surface area contributed by atoms with Crippen molar-refractivity contribution in [3.8, 4) is 5.69 Å². The molecule has 2 heterocycles. The number of sulfonamides is 1. The zero-order valence-electron chi connectivity index (χ0n) is 16.7. The molecule has 0 aliphatic carbocycles. The third-order valence-corrected chi connectivity index (χ3v) is 5.60. The van der Waals surface area contributed by atoms with Gasteiger partial charge >= 0.3 is 0 Å². The van der Waals surface area contributed by atoms with Crippen molar-refractivity contribution in [1.82, 2.24) is 25.1 Å². The highest BCUT2D eigenvalue weighted by atomic mass is 32.2. The number of benzene rings is 2. The SMILES string of the molecule is NS(=O)(=O)c1ccc(-n2nc(Cc3ccccc3)nc2CNCc2cccnc2)cc1. The second kappa shape index (κ2) is 9.17. The molecule has 2 aromatic heterocycles. The average Bonchev–Trinajstić information content (AvgIpc) is 3.17. The summed E-state index contributed by atoms with van der Waals surface area (Å²) >= 11 is 0. The number of hydrogen-bond donors (Lipinski definition) is 2. The molecule has 2 aromatic carbocycles. The molecule has 0 atom stereocenters. The van der Waals surface area contributed by atoms with Gasteiger partial charge in [-0.1, -0.05) is 36.4 Å². The molecule has 158 valence electrons. The number of aromatic nitrogens is 4. The summed E-state index contributed by atoms with van der Waals surface area (Å²) in [6.45, 7) is 1.12. The normalized spacial score (nSPS) is 11.5. The Kier molecular flexibility index (Phi) is 6.17. The van der Waals surface area contributed by atoms with Crippen LogP contribution < -0.4 is 10.5 Å². The lowest BCUT2D eigenvalue weighted by molar-refractivity contribution is 0.597. The molecule has 0 aliphatic rings. The summed E-state index contributed by atoms with van der Waals surface area (Å²) < 4.78 is 24.8. The Labute approximate surface area is 180 Å². The van der Waals surface area contributed by atoms with Crippen molar-refractivity contribution in [2.45, 2.75) is 24.4 Å². The van der Waals surface area contributed by atoms with Crippen LogP contribution >= 0.6 is 0 Å². The average molecular weight is 435 g/mol. The monoisotopic (exact) mass is 434 g/mol. The second-order valence-corrected chi connectivity index (χ2v) is 8.58.